The number of hydrogen-bond donors (Lipinski definition) is 1. The zero-order chi connectivity index (χ0) is 13.1. The molecule has 106 valence electrons. The largest absolute Gasteiger partial charge is 0.374 e. The van der Waals surface area contributed by atoms with Crippen molar-refractivity contribution in [3.05, 3.63) is 24.0 Å². The summed E-state index contributed by atoms with van der Waals surface area (Å²) < 4.78 is 8.12. The van der Waals surface area contributed by atoms with Crippen LogP contribution < -0.4 is 5.32 Å². The Morgan fingerprint density at radius 3 is 3.11 bits per heavy atom. The molecule has 2 aliphatic rings. The second kappa shape index (κ2) is 6.07. The Balaban J connectivity index is 1.48. The lowest BCUT2D eigenvalue weighted by molar-refractivity contribution is -0.0342. The molecule has 1 N–H and O–H groups in total. The van der Waals surface area contributed by atoms with E-state index in [0.29, 0.717) is 6.10 Å². The molecule has 0 radical (unpaired) electrons. The van der Waals surface area contributed by atoms with Crippen molar-refractivity contribution < 1.29 is 4.74 Å². The highest BCUT2D eigenvalue weighted by atomic mass is 16.5. The summed E-state index contributed by atoms with van der Waals surface area (Å²) in [5.74, 6) is 0. The van der Waals surface area contributed by atoms with Crippen LogP contribution in [0.2, 0.25) is 0 Å². The van der Waals surface area contributed by atoms with Crippen molar-refractivity contribution in [1.82, 2.24) is 14.8 Å². The van der Waals surface area contributed by atoms with Gasteiger partial charge in [-0.1, -0.05) is 6.92 Å². The first kappa shape index (κ1) is 13.2. The summed E-state index contributed by atoms with van der Waals surface area (Å²) in [6.07, 6.45) is 7.47. The van der Waals surface area contributed by atoms with Crippen molar-refractivity contribution in [2.75, 3.05) is 26.2 Å². The van der Waals surface area contributed by atoms with E-state index in [1.165, 1.54) is 18.4 Å². The maximum Gasteiger partial charge on any atom is 0.0880 e. The molecule has 1 unspecified atom stereocenters. The SMILES string of the molecule is CCN1CCOC(Cn2ccc(CNC3CC3)c2)C1. The number of likely N-dealkylation sites (N-methyl/N-ethyl adjacent to an activating group) is 1. The quantitative estimate of drug-likeness (QED) is 0.842. The molecule has 1 atom stereocenters. The number of aromatic nitrogens is 1. The van der Waals surface area contributed by atoms with Crippen LogP contribution in [-0.4, -0.2) is 47.9 Å². The molecule has 4 nitrogen and oxygen atoms in total. The molecule has 1 aliphatic carbocycles. The van der Waals surface area contributed by atoms with Crippen LogP contribution in [-0.2, 0) is 17.8 Å². The van der Waals surface area contributed by atoms with Crippen molar-refractivity contribution in [1.29, 1.82) is 0 Å². The average Bonchev–Trinajstić information content (AvgIpc) is 3.17. The molecule has 1 saturated heterocycles. The van der Waals surface area contributed by atoms with Gasteiger partial charge in [0.05, 0.1) is 12.7 Å². The van der Waals surface area contributed by atoms with E-state index >= 15 is 0 Å². The lowest BCUT2D eigenvalue weighted by Crippen LogP contribution is -2.43. The number of nitrogens with one attached hydrogen (secondary N) is 1. The van der Waals surface area contributed by atoms with Gasteiger partial charge in [-0.15, -0.1) is 0 Å². The first-order valence-electron chi connectivity index (χ1n) is 7.55. The van der Waals surface area contributed by atoms with E-state index in [0.717, 1.165) is 45.4 Å². The Morgan fingerprint density at radius 2 is 2.32 bits per heavy atom. The molecule has 1 aromatic heterocycles. The van der Waals surface area contributed by atoms with Crippen LogP contribution in [0, 0.1) is 0 Å². The number of ether oxygens (including phenoxy) is 1. The normalized spacial score (nSPS) is 24.8. The fraction of sp³-hybridized carbons (Fsp3) is 0.733. The summed E-state index contributed by atoms with van der Waals surface area (Å²) in [6.45, 7) is 8.33. The minimum absolute atomic E-state index is 0.338. The van der Waals surface area contributed by atoms with E-state index in [-0.39, 0.29) is 0 Å². The third kappa shape index (κ3) is 3.81. The molecular formula is C15H25N3O. The van der Waals surface area contributed by atoms with Crippen molar-refractivity contribution in [3.63, 3.8) is 0 Å². The molecule has 0 spiro atoms. The molecule has 19 heavy (non-hydrogen) atoms. The minimum atomic E-state index is 0.338. The summed E-state index contributed by atoms with van der Waals surface area (Å²) in [5.41, 5.74) is 1.38. The first-order valence-corrected chi connectivity index (χ1v) is 7.55. The second-order valence-electron chi connectivity index (χ2n) is 5.76. The lowest BCUT2D eigenvalue weighted by atomic mass is 10.2. The van der Waals surface area contributed by atoms with Gasteiger partial charge in [0.15, 0.2) is 0 Å². The lowest BCUT2D eigenvalue weighted by Gasteiger charge is -2.32. The van der Waals surface area contributed by atoms with Gasteiger partial charge in [0.25, 0.3) is 0 Å². The molecule has 0 aromatic carbocycles. The smallest absolute Gasteiger partial charge is 0.0880 e. The maximum absolute atomic E-state index is 5.85. The predicted molar refractivity (Wildman–Crippen MR) is 76.1 cm³/mol. The molecule has 1 aliphatic heterocycles. The van der Waals surface area contributed by atoms with Gasteiger partial charge in [-0.3, -0.25) is 4.90 Å². The van der Waals surface area contributed by atoms with Crippen molar-refractivity contribution in [3.8, 4) is 0 Å². The van der Waals surface area contributed by atoms with Gasteiger partial charge in [-0.05, 0) is 31.0 Å². The molecule has 1 saturated carbocycles. The van der Waals surface area contributed by atoms with Gasteiger partial charge >= 0.3 is 0 Å². The predicted octanol–water partition coefficient (Wildman–Crippen LogP) is 1.46. The fourth-order valence-corrected chi connectivity index (χ4v) is 2.67. The number of morpholine rings is 1. The summed E-state index contributed by atoms with van der Waals surface area (Å²) >= 11 is 0. The third-order valence-electron chi connectivity index (χ3n) is 4.07. The molecule has 2 fully saturated rings. The third-order valence-corrected chi connectivity index (χ3v) is 4.07. The van der Waals surface area contributed by atoms with Crippen molar-refractivity contribution >= 4 is 0 Å². The molecule has 0 bridgehead atoms. The van der Waals surface area contributed by atoms with Crippen LogP contribution in [0.1, 0.15) is 25.3 Å². The summed E-state index contributed by atoms with van der Waals surface area (Å²) in [4.78, 5) is 2.47. The van der Waals surface area contributed by atoms with Crippen LogP contribution in [0.3, 0.4) is 0 Å². The van der Waals surface area contributed by atoms with Gasteiger partial charge in [-0.25, -0.2) is 0 Å². The highest BCUT2D eigenvalue weighted by molar-refractivity contribution is 5.10. The van der Waals surface area contributed by atoms with Crippen LogP contribution in [0.15, 0.2) is 18.5 Å². The summed E-state index contributed by atoms with van der Waals surface area (Å²) in [7, 11) is 0. The molecular weight excluding hydrogens is 238 g/mol. The summed E-state index contributed by atoms with van der Waals surface area (Å²) in [6, 6.07) is 3.00. The van der Waals surface area contributed by atoms with Gasteiger partial charge in [0.1, 0.15) is 0 Å². The van der Waals surface area contributed by atoms with Gasteiger partial charge < -0.3 is 14.6 Å². The monoisotopic (exact) mass is 263 g/mol. The Bertz CT molecular complexity index is 400. The highest BCUT2D eigenvalue weighted by Crippen LogP contribution is 2.19. The van der Waals surface area contributed by atoms with E-state index in [1.54, 1.807) is 0 Å². The minimum Gasteiger partial charge on any atom is -0.374 e. The first-order chi connectivity index (χ1) is 9.33. The van der Waals surface area contributed by atoms with Crippen LogP contribution in [0.5, 0.6) is 0 Å². The molecule has 2 heterocycles. The second-order valence-corrected chi connectivity index (χ2v) is 5.76. The Labute approximate surface area is 115 Å². The van der Waals surface area contributed by atoms with E-state index in [4.69, 9.17) is 4.74 Å². The summed E-state index contributed by atoms with van der Waals surface area (Å²) in [5, 5.41) is 3.55. The Kier molecular flexibility index (Phi) is 4.21. The molecule has 4 heteroatoms. The number of hydrogen-bond acceptors (Lipinski definition) is 3. The van der Waals surface area contributed by atoms with Crippen molar-refractivity contribution in [2.24, 2.45) is 0 Å². The van der Waals surface area contributed by atoms with Crippen LogP contribution >= 0.6 is 0 Å². The zero-order valence-corrected chi connectivity index (χ0v) is 11.8. The van der Waals surface area contributed by atoms with Crippen molar-refractivity contribution in [2.45, 2.75) is 45.0 Å². The van der Waals surface area contributed by atoms with E-state index in [2.05, 4.69) is 40.2 Å². The maximum atomic E-state index is 5.85. The van der Waals surface area contributed by atoms with Gasteiger partial charge in [-0.2, -0.15) is 0 Å². The Hall–Kier alpha value is -0.840. The number of rotatable bonds is 6. The van der Waals surface area contributed by atoms with Crippen LogP contribution in [0.25, 0.3) is 0 Å². The van der Waals surface area contributed by atoms with E-state index in [9.17, 15) is 0 Å². The molecule has 1 aromatic rings. The highest BCUT2D eigenvalue weighted by Gasteiger charge is 2.21. The average molecular weight is 263 g/mol. The topological polar surface area (TPSA) is 29.4 Å². The van der Waals surface area contributed by atoms with Crippen LogP contribution in [0.4, 0.5) is 0 Å². The van der Waals surface area contributed by atoms with E-state index < -0.39 is 0 Å². The van der Waals surface area contributed by atoms with Gasteiger partial charge in [0.2, 0.25) is 0 Å². The standard InChI is InChI=1S/C15H25N3O/c1-2-17-7-8-19-15(11-17)12-18-6-5-13(10-18)9-16-14-3-4-14/h5-6,10,14-16H,2-4,7-9,11-12H2,1H3. The number of nitrogens with zero attached hydrogens (tertiary/aromatic N) is 2. The zero-order valence-electron chi connectivity index (χ0n) is 11.8. The fourth-order valence-electron chi connectivity index (χ4n) is 2.67. The molecule has 3 rings (SSSR count). The molecule has 0 amide bonds. The van der Waals surface area contributed by atoms with Gasteiger partial charge in [0, 0.05) is 44.6 Å². The Morgan fingerprint density at radius 1 is 1.42 bits per heavy atom. The van der Waals surface area contributed by atoms with E-state index in [1.807, 2.05) is 0 Å².